The minimum Gasteiger partial charge on any atom is -0.155 e. The molecule has 0 spiro atoms. The third-order valence-corrected chi connectivity index (χ3v) is 25.4. The van der Waals surface area contributed by atoms with Crippen LogP contribution in [0.25, 0.3) is 0 Å². The molecule has 4 heteroatoms. The molecular formula is C42H64Cl2Si2. The number of allylic oxidation sites excluding steroid dienone is 12. The first-order valence-corrected chi connectivity index (χ1v) is 24.7. The first-order chi connectivity index (χ1) is 21.5. The Morgan fingerprint density at radius 1 is 0.478 bits per heavy atom. The molecule has 4 aliphatic carbocycles. The summed E-state index contributed by atoms with van der Waals surface area (Å²) in [7, 11) is -5.18. The van der Waals surface area contributed by atoms with Gasteiger partial charge in [0.15, 0.2) is 0 Å². The molecule has 4 rings (SSSR count). The van der Waals surface area contributed by atoms with E-state index in [-0.39, 0.29) is 0 Å². The van der Waals surface area contributed by atoms with Gasteiger partial charge in [0.1, 0.15) is 0 Å². The zero-order valence-electron chi connectivity index (χ0n) is 30.8. The highest BCUT2D eigenvalue weighted by atomic mass is 35.6. The smallest absolute Gasteiger partial charge is 0.155 e. The van der Waals surface area contributed by atoms with Gasteiger partial charge >= 0.3 is 0 Å². The lowest BCUT2D eigenvalue weighted by molar-refractivity contribution is 0.522. The predicted molar refractivity (Wildman–Crippen MR) is 212 cm³/mol. The van der Waals surface area contributed by atoms with Crippen LogP contribution in [0, 0.1) is 23.7 Å². The minimum absolute atomic E-state index is 0.531. The SMILES string of the molecule is C=C(C)[C@@H]1CCC(C)=C([Si](Cl)(CC[Si](Cl)(C2=C(C)CC[C@@H](C(=C)C)C2)C2=C(C)CC[C@@H](C(=C)C)C2)C2=C(C)CC[C@@H](C(=C)C)C2)C1. The van der Waals surface area contributed by atoms with Crippen LogP contribution in [0.2, 0.25) is 12.1 Å². The Morgan fingerprint density at radius 3 is 0.848 bits per heavy atom. The summed E-state index contributed by atoms with van der Waals surface area (Å²) in [4.78, 5) is 0. The van der Waals surface area contributed by atoms with Gasteiger partial charge in [-0.3, -0.25) is 0 Å². The van der Waals surface area contributed by atoms with Gasteiger partial charge in [-0.2, -0.15) is 22.2 Å². The van der Waals surface area contributed by atoms with Crippen LogP contribution in [0.5, 0.6) is 0 Å². The van der Waals surface area contributed by atoms with Crippen LogP contribution >= 0.6 is 22.2 Å². The fourth-order valence-corrected chi connectivity index (χ4v) is 24.0. The van der Waals surface area contributed by atoms with Crippen molar-refractivity contribution in [1.29, 1.82) is 0 Å². The minimum atomic E-state index is -2.59. The van der Waals surface area contributed by atoms with E-state index in [1.807, 2.05) is 0 Å². The number of rotatable bonds is 11. The van der Waals surface area contributed by atoms with Gasteiger partial charge in [-0.25, -0.2) is 0 Å². The van der Waals surface area contributed by atoms with Crippen LogP contribution in [0.3, 0.4) is 0 Å². The molecule has 0 heterocycles. The van der Waals surface area contributed by atoms with Crippen molar-refractivity contribution in [3.8, 4) is 0 Å². The standard InChI is InChI=1S/C42H64Cl2Si2/c1-27(2)35-17-13-31(9)39(23-35)45(43,40-24-36(28(3)4)18-14-32(40)10)21-22-46(44,41-25-37(29(5)6)19-15-33(41)11)42-26-38(30(7)8)20-16-34(42)12/h35-38H,1,3,5,7,13-26H2,2,4,6,8-12H3/t35-,36-,37-,38-/m1/s1. The van der Waals surface area contributed by atoms with Crippen molar-refractivity contribution in [2.24, 2.45) is 23.7 Å². The number of hydrogen-bond donors (Lipinski definition) is 0. The van der Waals surface area contributed by atoms with E-state index in [0.717, 1.165) is 63.5 Å². The maximum absolute atomic E-state index is 8.51. The van der Waals surface area contributed by atoms with Crippen molar-refractivity contribution in [2.75, 3.05) is 0 Å². The van der Waals surface area contributed by atoms with Gasteiger partial charge in [0.25, 0.3) is 0 Å². The molecule has 0 saturated carbocycles. The van der Waals surface area contributed by atoms with Gasteiger partial charge in [0.05, 0.1) is 0 Å². The maximum Gasteiger partial charge on any atom is 0.209 e. The predicted octanol–water partition coefficient (Wildman–Crippen LogP) is 14.3. The van der Waals surface area contributed by atoms with E-state index in [9.17, 15) is 0 Å². The molecule has 0 aromatic carbocycles. The van der Waals surface area contributed by atoms with Crippen molar-refractivity contribution in [1.82, 2.24) is 0 Å². The molecule has 0 nitrogen and oxygen atoms in total. The molecule has 0 bridgehead atoms. The molecule has 0 N–H and O–H groups in total. The third-order valence-electron chi connectivity index (χ3n) is 12.8. The molecule has 0 amide bonds. The molecule has 254 valence electrons. The summed E-state index contributed by atoms with van der Waals surface area (Å²) in [5.74, 6) is 2.12. The van der Waals surface area contributed by atoms with Gasteiger partial charge in [-0.15, -0.1) is 0 Å². The molecule has 0 fully saturated rings. The van der Waals surface area contributed by atoms with Gasteiger partial charge in [0.2, 0.25) is 14.8 Å². The van der Waals surface area contributed by atoms with Crippen molar-refractivity contribution in [3.05, 3.63) is 91.7 Å². The summed E-state index contributed by atoms with van der Waals surface area (Å²) in [5.41, 5.74) is 11.5. The first-order valence-electron chi connectivity index (χ1n) is 18.2. The molecule has 0 unspecified atom stereocenters. The Labute approximate surface area is 295 Å². The quantitative estimate of drug-likeness (QED) is 0.115. The lowest BCUT2D eigenvalue weighted by atomic mass is 9.85. The zero-order chi connectivity index (χ0) is 34.1. The molecule has 0 saturated heterocycles. The Bertz CT molecular complexity index is 1200. The lowest BCUT2D eigenvalue weighted by Crippen LogP contribution is -2.45. The second kappa shape index (κ2) is 15.2. The van der Waals surface area contributed by atoms with E-state index in [1.54, 1.807) is 43.1 Å². The highest BCUT2D eigenvalue weighted by molar-refractivity contribution is 7.31. The molecule has 4 atom stereocenters. The van der Waals surface area contributed by atoms with Gasteiger partial charge in [-0.05, 0) is 168 Å². The molecule has 0 aliphatic heterocycles. The van der Waals surface area contributed by atoms with Crippen LogP contribution in [-0.4, -0.2) is 14.8 Å². The Morgan fingerprint density at radius 2 is 0.674 bits per heavy atom. The van der Waals surface area contributed by atoms with Crippen LogP contribution in [-0.2, 0) is 0 Å². The summed E-state index contributed by atoms with van der Waals surface area (Å²) in [5, 5.41) is 6.45. The van der Waals surface area contributed by atoms with Crippen LogP contribution in [0.4, 0.5) is 0 Å². The average molecular weight is 696 g/mol. The van der Waals surface area contributed by atoms with Gasteiger partial charge < -0.3 is 0 Å². The average Bonchev–Trinajstić information content (AvgIpc) is 3.00. The van der Waals surface area contributed by atoms with Crippen LogP contribution in [0.15, 0.2) is 91.7 Å². The van der Waals surface area contributed by atoms with Crippen molar-refractivity contribution in [3.63, 3.8) is 0 Å². The topological polar surface area (TPSA) is 0 Å². The summed E-state index contributed by atoms with van der Waals surface area (Å²) in [6.07, 6.45) is 13.7. The van der Waals surface area contributed by atoms with Crippen molar-refractivity contribution in [2.45, 2.75) is 145 Å². The van der Waals surface area contributed by atoms with E-state index in [1.165, 1.54) is 48.0 Å². The van der Waals surface area contributed by atoms with Gasteiger partial charge in [-0.1, -0.05) is 91.7 Å². The van der Waals surface area contributed by atoms with Crippen molar-refractivity contribution < 1.29 is 0 Å². The first kappa shape index (κ1) is 37.7. The summed E-state index contributed by atoms with van der Waals surface area (Å²) in [6, 6.07) is 2.08. The van der Waals surface area contributed by atoms with Crippen LogP contribution in [0.1, 0.15) is 132 Å². The second-order valence-corrected chi connectivity index (χ2v) is 26.8. The summed E-state index contributed by atoms with van der Waals surface area (Å²) >= 11 is 17.0. The zero-order valence-corrected chi connectivity index (χ0v) is 34.3. The van der Waals surface area contributed by atoms with E-state index >= 15 is 0 Å². The highest BCUT2D eigenvalue weighted by Gasteiger charge is 2.50. The Kier molecular flexibility index (Phi) is 12.5. The molecule has 0 aromatic rings. The molecule has 4 aliphatic rings. The lowest BCUT2D eigenvalue weighted by Gasteiger charge is -2.44. The number of halogens is 2. The van der Waals surface area contributed by atoms with E-state index in [4.69, 9.17) is 22.2 Å². The Hall–Kier alpha value is -1.07. The van der Waals surface area contributed by atoms with Gasteiger partial charge in [0, 0.05) is 0 Å². The summed E-state index contributed by atoms with van der Waals surface area (Å²) < 4.78 is 0. The summed E-state index contributed by atoms with van der Waals surface area (Å²) in [6.45, 7) is 36.2. The molecule has 46 heavy (non-hydrogen) atoms. The maximum atomic E-state index is 8.51. The largest absolute Gasteiger partial charge is 0.209 e. The molecule has 0 radical (unpaired) electrons. The second-order valence-electron chi connectivity index (χ2n) is 16.3. The fraction of sp³-hybridized carbons (Fsp3) is 0.619. The van der Waals surface area contributed by atoms with E-state index in [0.29, 0.717) is 23.7 Å². The van der Waals surface area contributed by atoms with Crippen molar-refractivity contribution >= 4 is 36.9 Å². The van der Waals surface area contributed by atoms with E-state index < -0.39 is 14.8 Å². The van der Waals surface area contributed by atoms with Crippen LogP contribution < -0.4 is 0 Å². The number of hydrogen-bond acceptors (Lipinski definition) is 0. The van der Waals surface area contributed by atoms with E-state index in [2.05, 4.69) is 81.7 Å². The monoisotopic (exact) mass is 694 g/mol. The molecule has 0 aromatic heterocycles. The Balaban J connectivity index is 1.88. The highest BCUT2D eigenvalue weighted by Crippen LogP contribution is 2.54. The third kappa shape index (κ3) is 7.87. The molecular weight excluding hydrogens is 632 g/mol. The normalized spacial score (nSPS) is 26.9. The fourth-order valence-electron chi connectivity index (χ4n) is 9.25.